The predicted molar refractivity (Wildman–Crippen MR) is 106 cm³/mol. The predicted octanol–water partition coefficient (Wildman–Crippen LogP) is 2.90. The minimum atomic E-state index is -1.16. The number of nitrogens with one attached hydrogen (secondary N) is 1. The number of hydrogen-bond donors (Lipinski definition) is 2. The first-order valence-electron chi connectivity index (χ1n) is 9.43. The Morgan fingerprint density at radius 2 is 1.79 bits per heavy atom. The number of hydroxylamine groups is 2. The molecule has 0 heterocycles. The third-order valence-corrected chi connectivity index (χ3v) is 4.03. The molecule has 1 amide bonds. The van der Waals surface area contributed by atoms with Gasteiger partial charge in [0.05, 0.1) is 13.0 Å². The summed E-state index contributed by atoms with van der Waals surface area (Å²) in [7, 11) is 1.34. The number of carboxylic acids is 1. The van der Waals surface area contributed by atoms with Crippen LogP contribution < -0.4 is 0 Å². The van der Waals surface area contributed by atoms with Gasteiger partial charge in [-0.2, -0.15) is 0 Å². The third-order valence-electron chi connectivity index (χ3n) is 4.03. The highest BCUT2D eigenvalue weighted by Crippen LogP contribution is 2.11. The second kappa shape index (κ2) is 11.7. The van der Waals surface area contributed by atoms with Gasteiger partial charge in [0.1, 0.15) is 6.04 Å². The van der Waals surface area contributed by atoms with Crippen molar-refractivity contribution in [3.05, 3.63) is 35.9 Å². The first-order chi connectivity index (χ1) is 13.7. The van der Waals surface area contributed by atoms with Gasteiger partial charge in [0, 0.05) is 7.05 Å². The highest BCUT2D eigenvalue weighted by Gasteiger charge is 2.32. The molecule has 2 N–H and O–H groups in total. The van der Waals surface area contributed by atoms with Gasteiger partial charge in [-0.15, -0.1) is 0 Å². The lowest BCUT2D eigenvalue weighted by atomic mass is 10.1. The molecule has 0 fully saturated rings. The van der Waals surface area contributed by atoms with E-state index in [1.165, 1.54) is 7.05 Å². The molecule has 0 aliphatic carbocycles. The second-order valence-electron chi connectivity index (χ2n) is 6.91. The van der Waals surface area contributed by atoms with Crippen molar-refractivity contribution in [3.63, 3.8) is 0 Å². The Morgan fingerprint density at radius 3 is 2.31 bits per heavy atom. The molecule has 1 atom stereocenters. The van der Waals surface area contributed by atoms with Gasteiger partial charge in [-0.1, -0.05) is 56.2 Å². The number of carbonyl (C=O) groups excluding carboxylic acids is 2. The van der Waals surface area contributed by atoms with Gasteiger partial charge in [-0.25, -0.2) is 14.4 Å². The second-order valence-corrected chi connectivity index (χ2v) is 6.91. The number of guanidine groups is 1. The van der Waals surface area contributed by atoms with Gasteiger partial charge in [0.2, 0.25) is 5.96 Å². The molecule has 0 aliphatic heterocycles. The normalized spacial score (nSPS) is 11.5. The van der Waals surface area contributed by atoms with E-state index in [1.807, 2.05) is 44.2 Å². The van der Waals surface area contributed by atoms with Crippen molar-refractivity contribution < 1.29 is 29.1 Å². The SMILES string of the molecule is CCC(C(=O)O)N(C)C(=N)N(OC(=O)CCc1ccccc1)C(=O)OCC(C)C. The average molecular weight is 407 g/mol. The van der Waals surface area contributed by atoms with Crippen molar-refractivity contribution in [3.8, 4) is 0 Å². The monoisotopic (exact) mass is 407 g/mol. The minimum absolute atomic E-state index is 0.0227. The number of carbonyl (C=O) groups is 3. The zero-order chi connectivity index (χ0) is 22.0. The maximum atomic E-state index is 12.4. The summed E-state index contributed by atoms with van der Waals surface area (Å²) < 4.78 is 5.07. The third kappa shape index (κ3) is 7.81. The molecular formula is C20H29N3O6. The molecule has 29 heavy (non-hydrogen) atoms. The summed E-state index contributed by atoms with van der Waals surface area (Å²) in [4.78, 5) is 42.2. The van der Waals surface area contributed by atoms with Crippen LogP contribution >= 0.6 is 0 Å². The summed E-state index contributed by atoms with van der Waals surface area (Å²) in [6, 6.07) is 8.20. The molecule has 9 heteroatoms. The maximum Gasteiger partial charge on any atom is 0.451 e. The Hall–Kier alpha value is -3.10. The Morgan fingerprint density at radius 1 is 1.17 bits per heavy atom. The van der Waals surface area contributed by atoms with Crippen LogP contribution in [0.25, 0.3) is 0 Å². The molecule has 160 valence electrons. The van der Waals surface area contributed by atoms with Gasteiger partial charge in [0.25, 0.3) is 0 Å². The summed E-state index contributed by atoms with van der Waals surface area (Å²) in [6.45, 7) is 5.36. The lowest BCUT2D eigenvalue weighted by Gasteiger charge is -2.30. The van der Waals surface area contributed by atoms with Gasteiger partial charge in [-0.05, 0) is 24.3 Å². The zero-order valence-corrected chi connectivity index (χ0v) is 17.3. The number of likely N-dealkylation sites (N-methyl/N-ethyl adjacent to an activating group) is 1. The van der Waals surface area contributed by atoms with Crippen molar-refractivity contribution >= 4 is 24.0 Å². The lowest BCUT2D eigenvalue weighted by molar-refractivity contribution is -0.170. The molecule has 0 bridgehead atoms. The van der Waals surface area contributed by atoms with Crippen LogP contribution in [0.4, 0.5) is 4.79 Å². The first kappa shape index (κ1) is 23.9. The van der Waals surface area contributed by atoms with Crippen LogP contribution in [0.5, 0.6) is 0 Å². The smallest absolute Gasteiger partial charge is 0.451 e. The molecule has 1 rings (SSSR count). The largest absolute Gasteiger partial charge is 0.480 e. The molecule has 0 spiro atoms. The van der Waals surface area contributed by atoms with Crippen molar-refractivity contribution in [2.75, 3.05) is 13.7 Å². The quantitative estimate of drug-likeness (QED) is 0.386. The van der Waals surface area contributed by atoms with Crippen LogP contribution in [-0.2, 0) is 25.6 Å². The fraction of sp³-hybridized carbons (Fsp3) is 0.500. The van der Waals surface area contributed by atoms with E-state index < -0.39 is 30.0 Å². The van der Waals surface area contributed by atoms with Crippen LogP contribution in [0.1, 0.15) is 39.2 Å². The fourth-order valence-corrected chi connectivity index (χ4v) is 2.41. The minimum Gasteiger partial charge on any atom is -0.480 e. The van der Waals surface area contributed by atoms with E-state index in [-0.39, 0.29) is 25.4 Å². The molecule has 0 radical (unpaired) electrons. The molecule has 1 aromatic rings. The van der Waals surface area contributed by atoms with Crippen molar-refractivity contribution in [1.82, 2.24) is 9.96 Å². The average Bonchev–Trinajstić information content (AvgIpc) is 2.69. The number of aliphatic carboxylic acids is 1. The van der Waals surface area contributed by atoms with E-state index in [0.29, 0.717) is 11.5 Å². The Bertz CT molecular complexity index is 707. The van der Waals surface area contributed by atoms with Gasteiger partial charge < -0.3 is 19.6 Å². The standard InChI is InChI=1S/C20H29N3O6/c1-5-16(18(25)26)22(4)19(21)23(20(27)28-13-14(2)3)29-17(24)12-11-15-9-7-6-8-10-15/h6-10,14,16,21H,5,11-13H2,1-4H3,(H,25,26). The number of benzene rings is 1. The fourth-order valence-electron chi connectivity index (χ4n) is 2.41. The molecule has 1 unspecified atom stereocenters. The number of amides is 1. The van der Waals surface area contributed by atoms with E-state index in [0.717, 1.165) is 10.5 Å². The van der Waals surface area contributed by atoms with Crippen molar-refractivity contribution in [1.29, 1.82) is 5.41 Å². The van der Waals surface area contributed by atoms with Crippen LogP contribution in [0.3, 0.4) is 0 Å². The number of hydrogen-bond acceptors (Lipinski definition) is 6. The summed E-state index contributed by atoms with van der Waals surface area (Å²) in [5.41, 5.74) is 0.919. The zero-order valence-electron chi connectivity index (χ0n) is 17.3. The molecule has 9 nitrogen and oxygen atoms in total. The summed E-state index contributed by atoms with van der Waals surface area (Å²) in [5, 5.41) is 17.9. The van der Waals surface area contributed by atoms with Gasteiger partial charge in [-0.3, -0.25) is 5.41 Å². The maximum absolute atomic E-state index is 12.4. The highest BCUT2D eigenvalue weighted by molar-refractivity contribution is 5.94. The summed E-state index contributed by atoms with van der Waals surface area (Å²) in [5.74, 6) is -2.47. The van der Waals surface area contributed by atoms with Crippen molar-refractivity contribution in [2.24, 2.45) is 5.92 Å². The molecule has 0 saturated heterocycles. The van der Waals surface area contributed by atoms with Crippen LogP contribution in [0, 0.1) is 11.3 Å². The van der Waals surface area contributed by atoms with E-state index in [1.54, 1.807) is 6.92 Å². The van der Waals surface area contributed by atoms with E-state index in [4.69, 9.17) is 15.0 Å². The van der Waals surface area contributed by atoms with E-state index in [2.05, 4.69) is 0 Å². The number of ether oxygens (including phenoxy) is 1. The van der Waals surface area contributed by atoms with Crippen LogP contribution in [0.2, 0.25) is 0 Å². The van der Waals surface area contributed by atoms with Crippen molar-refractivity contribution in [2.45, 2.75) is 46.1 Å². The molecule has 0 saturated carbocycles. The number of carboxylic acid groups (broad SMARTS) is 1. The Balaban J connectivity index is 2.88. The molecular weight excluding hydrogens is 378 g/mol. The Kier molecular flexibility index (Phi) is 9.64. The number of rotatable bonds is 8. The lowest BCUT2D eigenvalue weighted by Crippen LogP contribution is -2.52. The molecule has 0 aliphatic rings. The van der Waals surface area contributed by atoms with Gasteiger partial charge >= 0.3 is 18.0 Å². The molecule has 0 aromatic heterocycles. The highest BCUT2D eigenvalue weighted by atomic mass is 16.8. The van der Waals surface area contributed by atoms with E-state index in [9.17, 15) is 19.5 Å². The number of aryl methyl sites for hydroxylation is 1. The summed E-state index contributed by atoms with van der Waals surface area (Å²) >= 11 is 0. The first-order valence-corrected chi connectivity index (χ1v) is 9.43. The number of nitrogens with zero attached hydrogens (tertiary/aromatic N) is 2. The molecule has 1 aromatic carbocycles. The van der Waals surface area contributed by atoms with Crippen LogP contribution in [-0.4, -0.2) is 58.8 Å². The van der Waals surface area contributed by atoms with E-state index >= 15 is 0 Å². The topological polar surface area (TPSA) is 120 Å². The van der Waals surface area contributed by atoms with Crippen LogP contribution in [0.15, 0.2) is 30.3 Å². The van der Waals surface area contributed by atoms with Gasteiger partial charge in [0.15, 0.2) is 0 Å². The summed E-state index contributed by atoms with van der Waals surface area (Å²) in [6.07, 6.45) is -0.496. The Labute approximate surface area is 170 Å².